The number of hydrogen-bond donors (Lipinski definition) is 0. The van der Waals surface area contributed by atoms with Crippen molar-refractivity contribution in [1.29, 1.82) is 0 Å². The first-order valence-corrected chi connectivity index (χ1v) is 8.91. The summed E-state index contributed by atoms with van der Waals surface area (Å²) in [5.41, 5.74) is 1.85. The number of thioether (sulfide) groups is 1. The molecule has 0 saturated carbocycles. The van der Waals surface area contributed by atoms with Gasteiger partial charge in [0.1, 0.15) is 0 Å². The molecule has 2 aromatic heterocycles. The molecule has 1 fully saturated rings. The Morgan fingerprint density at radius 3 is 2.96 bits per heavy atom. The zero-order chi connectivity index (χ0) is 16.5. The second-order valence-electron chi connectivity index (χ2n) is 5.94. The molecule has 1 atom stereocenters. The first kappa shape index (κ1) is 15.2. The summed E-state index contributed by atoms with van der Waals surface area (Å²) >= 11 is 1.65. The second-order valence-corrected chi connectivity index (χ2v) is 7.18. The Bertz CT molecular complexity index is 886. The van der Waals surface area contributed by atoms with Crippen LogP contribution in [0.15, 0.2) is 53.8 Å². The molecule has 0 spiro atoms. The summed E-state index contributed by atoms with van der Waals surface area (Å²) in [7, 11) is 1.87. The van der Waals surface area contributed by atoms with Crippen molar-refractivity contribution in [2.24, 2.45) is 7.05 Å². The predicted molar refractivity (Wildman–Crippen MR) is 96.2 cm³/mol. The topological polar surface area (TPSA) is 51.0 Å². The van der Waals surface area contributed by atoms with Crippen LogP contribution in [-0.4, -0.2) is 32.5 Å². The normalized spacial score (nSPS) is 18.3. The molecule has 122 valence electrons. The van der Waals surface area contributed by atoms with Crippen LogP contribution in [0, 0.1) is 0 Å². The van der Waals surface area contributed by atoms with Crippen molar-refractivity contribution in [3.63, 3.8) is 0 Å². The van der Waals surface area contributed by atoms with Crippen molar-refractivity contribution in [3.8, 4) is 0 Å². The summed E-state index contributed by atoms with van der Waals surface area (Å²) in [4.78, 5) is 20.3. The van der Waals surface area contributed by atoms with Gasteiger partial charge in [0.25, 0.3) is 0 Å². The monoisotopic (exact) mass is 338 g/mol. The minimum atomic E-state index is -0.0650. The van der Waals surface area contributed by atoms with Gasteiger partial charge in [-0.05, 0) is 25.0 Å². The summed E-state index contributed by atoms with van der Waals surface area (Å²) in [5, 5.41) is 5.23. The van der Waals surface area contributed by atoms with Crippen LogP contribution in [0.3, 0.4) is 0 Å². The Kier molecular flexibility index (Phi) is 3.98. The fourth-order valence-corrected chi connectivity index (χ4v) is 4.34. The van der Waals surface area contributed by atoms with Gasteiger partial charge >= 0.3 is 0 Å². The molecule has 3 heterocycles. The highest BCUT2D eigenvalue weighted by atomic mass is 32.2. The number of nitrogens with zero attached hydrogens (tertiary/aromatic N) is 4. The van der Waals surface area contributed by atoms with Crippen molar-refractivity contribution >= 4 is 34.3 Å². The van der Waals surface area contributed by atoms with Gasteiger partial charge < -0.3 is 4.90 Å². The summed E-state index contributed by atoms with van der Waals surface area (Å²) in [6, 6.07) is 10.1. The number of carbonyl (C=O) groups excluding carboxylic acids is 1. The van der Waals surface area contributed by atoms with Crippen LogP contribution in [0.5, 0.6) is 0 Å². The number of carbonyl (C=O) groups is 1. The molecule has 1 aromatic carbocycles. The number of hydrogen-bond acceptors (Lipinski definition) is 4. The quantitative estimate of drug-likeness (QED) is 0.735. The molecule has 1 aliphatic rings. The number of aromatic nitrogens is 3. The Labute approximate surface area is 144 Å². The minimum Gasteiger partial charge on any atom is -0.309 e. The molecule has 1 amide bonds. The van der Waals surface area contributed by atoms with E-state index < -0.39 is 0 Å². The van der Waals surface area contributed by atoms with Gasteiger partial charge in [0.15, 0.2) is 0 Å². The van der Waals surface area contributed by atoms with Crippen LogP contribution in [0.1, 0.15) is 12.8 Å². The third-order valence-corrected chi connectivity index (χ3v) is 5.60. The number of para-hydroxylation sites is 1. The summed E-state index contributed by atoms with van der Waals surface area (Å²) < 4.78 is 1.73. The van der Waals surface area contributed by atoms with Crippen molar-refractivity contribution in [3.05, 3.63) is 48.9 Å². The highest BCUT2D eigenvalue weighted by molar-refractivity contribution is 8.00. The SMILES string of the molecule is Cn1cc(N2CCCC(Sc3ccnc4ccccc34)C2=O)cn1. The summed E-state index contributed by atoms with van der Waals surface area (Å²) in [6.45, 7) is 0.763. The lowest BCUT2D eigenvalue weighted by molar-refractivity contribution is -0.119. The molecular formula is C18H18N4OS. The van der Waals surface area contributed by atoms with Crippen LogP contribution >= 0.6 is 11.8 Å². The van der Waals surface area contributed by atoms with Crippen molar-refractivity contribution in [1.82, 2.24) is 14.8 Å². The largest absolute Gasteiger partial charge is 0.309 e. The van der Waals surface area contributed by atoms with E-state index in [0.29, 0.717) is 0 Å². The van der Waals surface area contributed by atoms with E-state index in [4.69, 9.17) is 0 Å². The average molecular weight is 338 g/mol. The van der Waals surface area contributed by atoms with Gasteiger partial charge in [-0.2, -0.15) is 5.10 Å². The predicted octanol–water partition coefficient (Wildman–Crippen LogP) is 3.26. The molecule has 0 radical (unpaired) electrons. The summed E-state index contributed by atoms with van der Waals surface area (Å²) in [6.07, 6.45) is 7.37. The lowest BCUT2D eigenvalue weighted by Crippen LogP contribution is -2.42. The van der Waals surface area contributed by atoms with Crippen molar-refractivity contribution in [2.75, 3.05) is 11.4 Å². The van der Waals surface area contributed by atoms with Gasteiger partial charge in [-0.15, -0.1) is 11.8 Å². The molecule has 4 rings (SSSR count). The van der Waals surface area contributed by atoms with Gasteiger partial charge in [0.2, 0.25) is 5.91 Å². The van der Waals surface area contributed by atoms with Crippen LogP contribution in [0.25, 0.3) is 10.9 Å². The number of fused-ring (bicyclic) bond motifs is 1. The highest BCUT2D eigenvalue weighted by Gasteiger charge is 2.31. The van der Waals surface area contributed by atoms with Crippen LogP contribution in [0.4, 0.5) is 5.69 Å². The lowest BCUT2D eigenvalue weighted by Gasteiger charge is -2.31. The van der Waals surface area contributed by atoms with E-state index in [9.17, 15) is 4.79 Å². The molecule has 5 nitrogen and oxygen atoms in total. The maximum absolute atomic E-state index is 12.9. The molecule has 3 aromatic rings. The Morgan fingerprint density at radius 2 is 2.12 bits per heavy atom. The van der Waals surface area contributed by atoms with E-state index in [0.717, 1.165) is 40.9 Å². The van der Waals surface area contributed by atoms with Crippen molar-refractivity contribution < 1.29 is 4.79 Å². The number of benzene rings is 1. The minimum absolute atomic E-state index is 0.0650. The maximum Gasteiger partial charge on any atom is 0.240 e. The van der Waals surface area contributed by atoms with E-state index in [1.165, 1.54) is 0 Å². The van der Waals surface area contributed by atoms with E-state index in [-0.39, 0.29) is 11.2 Å². The number of anilines is 1. The number of amides is 1. The molecule has 1 aliphatic heterocycles. The third-order valence-electron chi connectivity index (χ3n) is 4.27. The van der Waals surface area contributed by atoms with Gasteiger partial charge in [-0.3, -0.25) is 14.5 Å². The number of aryl methyl sites for hydroxylation is 1. The number of piperidine rings is 1. The molecular weight excluding hydrogens is 320 g/mol. The third kappa shape index (κ3) is 2.78. The molecule has 0 aliphatic carbocycles. The molecule has 24 heavy (non-hydrogen) atoms. The standard InChI is InChI=1S/C18H18N4OS/c1-21-12-13(11-20-21)22-10-4-7-17(18(22)23)24-16-8-9-19-15-6-3-2-5-14(15)16/h2-3,5-6,8-9,11-12,17H,4,7,10H2,1H3. The molecule has 1 unspecified atom stereocenters. The lowest BCUT2D eigenvalue weighted by atomic mass is 10.1. The summed E-state index contributed by atoms with van der Waals surface area (Å²) in [5.74, 6) is 0.167. The number of pyridine rings is 1. The second kappa shape index (κ2) is 6.28. The van der Waals surface area contributed by atoms with Gasteiger partial charge in [0, 0.05) is 36.3 Å². The molecule has 6 heteroatoms. The van der Waals surface area contributed by atoms with Gasteiger partial charge in [0.05, 0.1) is 22.7 Å². The first-order chi connectivity index (χ1) is 11.7. The van der Waals surface area contributed by atoms with Crippen molar-refractivity contribution in [2.45, 2.75) is 23.0 Å². The Hall–Kier alpha value is -2.34. The van der Waals surface area contributed by atoms with Crippen LogP contribution in [0.2, 0.25) is 0 Å². The van der Waals surface area contributed by atoms with E-state index in [1.807, 2.05) is 48.6 Å². The van der Waals surface area contributed by atoms with E-state index >= 15 is 0 Å². The Morgan fingerprint density at radius 1 is 1.25 bits per heavy atom. The first-order valence-electron chi connectivity index (χ1n) is 8.03. The van der Waals surface area contributed by atoms with Gasteiger partial charge in [-0.25, -0.2) is 0 Å². The molecule has 0 bridgehead atoms. The average Bonchev–Trinajstić information content (AvgIpc) is 3.03. The van der Waals surface area contributed by atoms with Crippen LogP contribution in [-0.2, 0) is 11.8 Å². The fourth-order valence-electron chi connectivity index (χ4n) is 3.08. The van der Waals surface area contributed by atoms with E-state index in [2.05, 4.69) is 16.1 Å². The molecule has 0 N–H and O–H groups in total. The smallest absolute Gasteiger partial charge is 0.240 e. The Balaban J connectivity index is 1.60. The van der Waals surface area contributed by atoms with Gasteiger partial charge in [-0.1, -0.05) is 18.2 Å². The highest BCUT2D eigenvalue weighted by Crippen LogP contribution is 2.35. The zero-order valence-corrected chi connectivity index (χ0v) is 14.2. The maximum atomic E-state index is 12.9. The zero-order valence-electron chi connectivity index (χ0n) is 13.4. The van der Waals surface area contributed by atoms with Crippen LogP contribution < -0.4 is 4.90 Å². The fraction of sp³-hybridized carbons (Fsp3) is 0.278. The van der Waals surface area contributed by atoms with E-state index in [1.54, 1.807) is 22.6 Å². The molecule has 1 saturated heterocycles. The number of rotatable bonds is 3.